The zero-order valence-corrected chi connectivity index (χ0v) is 12.4. The van der Waals surface area contributed by atoms with Crippen molar-refractivity contribution in [3.8, 4) is 0 Å². The van der Waals surface area contributed by atoms with Crippen molar-refractivity contribution in [1.29, 1.82) is 0 Å². The molecule has 2 rings (SSSR count). The van der Waals surface area contributed by atoms with Crippen LogP contribution in [0.1, 0.15) is 32.1 Å². The largest absolute Gasteiger partial charge is 0.481 e. The van der Waals surface area contributed by atoms with E-state index in [1.165, 1.54) is 0 Å². The van der Waals surface area contributed by atoms with Gasteiger partial charge in [-0.2, -0.15) is 0 Å². The number of likely N-dealkylation sites (N-methyl/N-ethyl adjacent to an activating group) is 1. The average Bonchev–Trinajstić information content (AvgIpc) is 3.08. The molecule has 1 aliphatic carbocycles. The Morgan fingerprint density at radius 1 is 1.25 bits per heavy atom. The molecule has 0 aromatic heterocycles. The van der Waals surface area contributed by atoms with Crippen molar-refractivity contribution >= 4 is 12.0 Å². The first-order valence-corrected chi connectivity index (χ1v) is 7.43. The van der Waals surface area contributed by atoms with Crippen LogP contribution in [0.4, 0.5) is 4.79 Å². The molecule has 0 bridgehead atoms. The van der Waals surface area contributed by atoms with Crippen molar-refractivity contribution in [3.05, 3.63) is 0 Å². The lowest BCUT2D eigenvalue weighted by molar-refractivity contribution is -0.137. The quantitative estimate of drug-likeness (QED) is 0.792. The van der Waals surface area contributed by atoms with E-state index in [1.807, 2.05) is 19.0 Å². The molecule has 1 aliphatic heterocycles. The van der Waals surface area contributed by atoms with E-state index in [9.17, 15) is 9.59 Å². The standard InChI is InChI=1S/C14H25N3O3/c1-15(2)10-12-4-3-8-16(12)14(20)17(11-5-6-11)9-7-13(18)19/h11-12H,3-10H2,1-2H3,(H,18,19). The van der Waals surface area contributed by atoms with E-state index >= 15 is 0 Å². The number of nitrogens with zero attached hydrogens (tertiary/aromatic N) is 3. The van der Waals surface area contributed by atoms with Gasteiger partial charge in [0.2, 0.25) is 0 Å². The van der Waals surface area contributed by atoms with Crippen molar-refractivity contribution in [2.45, 2.75) is 44.2 Å². The lowest BCUT2D eigenvalue weighted by atomic mass is 10.2. The van der Waals surface area contributed by atoms with Crippen LogP contribution in [0.15, 0.2) is 0 Å². The molecule has 0 spiro atoms. The van der Waals surface area contributed by atoms with E-state index in [4.69, 9.17) is 5.11 Å². The molecule has 20 heavy (non-hydrogen) atoms. The Kier molecular flexibility index (Phi) is 4.86. The molecule has 2 fully saturated rings. The van der Waals surface area contributed by atoms with Crippen LogP contribution in [-0.4, -0.2) is 77.6 Å². The predicted octanol–water partition coefficient (Wildman–Crippen LogP) is 1.07. The molecule has 114 valence electrons. The van der Waals surface area contributed by atoms with Crippen LogP contribution in [0.3, 0.4) is 0 Å². The van der Waals surface area contributed by atoms with Crippen LogP contribution in [0.2, 0.25) is 0 Å². The van der Waals surface area contributed by atoms with Crippen LogP contribution >= 0.6 is 0 Å². The molecular formula is C14H25N3O3. The van der Waals surface area contributed by atoms with Gasteiger partial charge in [0, 0.05) is 31.7 Å². The summed E-state index contributed by atoms with van der Waals surface area (Å²) in [5.74, 6) is -0.838. The normalized spacial score (nSPS) is 22.4. The van der Waals surface area contributed by atoms with E-state index in [0.717, 1.165) is 38.8 Å². The third kappa shape index (κ3) is 3.85. The number of amides is 2. The van der Waals surface area contributed by atoms with E-state index in [2.05, 4.69) is 4.90 Å². The maximum Gasteiger partial charge on any atom is 0.320 e. The molecule has 6 nitrogen and oxygen atoms in total. The number of urea groups is 1. The van der Waals surface area contributed by atoms with Gasteiger partial charge >= 0.3 is 12.0 Å². The molecule has 0 aromatic carbocycles. The number of hydrogen-bond donors (Lipinski definition) is 1. The molecule has 2 amide bonds. The molecular weight excluding hydrogens is 258 g/mol. The van der Waals surface area contributed by atoms with Crippen molar-refractivity contribution in [2.24, 2.45) is 0 Å². The van der Waals surface area contributed by atoms with Crippen LogP contribution < -0.4 is 0 Å². The van der Waals surface area contributed by atoms with Crippen molar-refractivity contribution in [3.63, 3.8) is 0 Å². The van der Waals surface area contributed by atoms with Gasteiger partial charge in [-0.1, -0.05) is 0 Å². The zero-order valence-electron chi connectivity index (χ0n) is 12.4. The van der Waals surface area contributed by atoms with Crippen LogP contribution in [0.5, 0.6) is 0 Å². The van der Waals surface area contributed by atoms with Gasteiger partial charge in [0.1, 0.15) is 0 Å². The summed E-state index contributed by atoms with van der Waals surface area (Å²) in [7, 11) is 4.04. The Morgan fingerprint density at radius 3 is 2.50 bits per heavy atom. The number of likely N-dealkylation sites (tertiary alicyclic amines) is 1. The number of carbonyl (C=O) groups excluding carboxylic acids is 1. The molecule has 2 aliphatic rings. The van der Waals surface area contributed by atoms with Gasteiger partial charge in [0.15, 0.2) is 0 Å². The highest BCUT2D eigenvalue weighted by atomic mass is 16.4. The smallest absolute Gasteiger partial charge is 0.320 e. The minimum Gasteiger partial charge on any atom is -0.481 e. The minimum absolute atomic E-state index is 0.0361. The fraction of sp³-hybridized carbons (Fsp3) is 0.857. The van der Waals surface area contributed by atoms with E-state index in [1.54, 1.807) is 4.90 Å². The van der Waals surface area contributed by atoms with Crippen molar-refractivity contribution in [2.75, 3.05) is 33.7 Å². The molecule has 1 N–H and O–H groups in total. The molecule has 1 saturated carbocycles. The Bertz CT molecular complexity index is 369. The van der Waals surface area contributed by atoms with Crippen LogP contribution in [-0.2, 0) is 4.79 Å². The van der Waals surface area contributed by atoms with Gasteiger partial charge in [-0.3, -0.25) is 4.79 Å². The maximum atomic E-state index is 12.7. The Hall–Kier alpha value is -1.30. The number of carboxylic acids is 1. The van der Waals surface area contributed by atoms with Crippen molar-refractivity contribution in [1.82, 2.24) is 14.7 Å². The van der Waals surface area contributed by atoms with Gasteiger partial charge in [-0.05, 0) is 39.8 Å². The summed E-state index contributed by atoms with van der Waals surface area (Å²) in [6.07, 6.45) is 4.15. The van der Waals surface area contributed by atoms with E-state index < -0.39 is 5.97 Å². The highest BCUT2D eigenvalue weighted by molar-refractivity contribution is 5.77. The SMILES string of the molecule is CN(C)CC1CCCN1C(=O)N(CCC(=O)O)C1CC1. The van der Waals surface area contributed by atoms with Gasteiger partial charge in [0.25, 0.3) is 0 Å². The monoisotopic (exact) mass is 283 g/mol. The topological polar surface area (TPSA) is 64.1 Å². The molecule has 1 heterocycles. The average molecular weight is 283 g/mol. The Balaban J connectivity index is 1.97. The summed E-state index contributed by atoms with van der Waals surface area (Å²) >= 11 is 0. The van der Waals surface area contributed by atoms with Gasteiger partial charge in [-0.15, -0.1) is 0 Å². The highest BCUT2D eigenvalue weighted by Crippen LogP contribution is 2.30. The van der Waals surface area contributed by atoms with Crippen LogP contribution in [0, 0.1) is 0 Å². The first-order valence-electron chi connectivity index (χ1n) is 7.43. The number of carbonyl (C=O) groups is 2. The van der Waals surface area contributed by atoms with Gasteiger partial charge in [-0.25, -0.2) is 4.79 Å². The maximum absolute atomic E-state index is 12.7. The fourth-order valence-electron chi connectivity index (χ4n) is 2.90. The molecule has 0 radical (unpaired) electrons. The molecule has 6 heteroatoms. The third-order valence-electron chi connectivity index (χ3n) is 4.00. The van der Waals surface area contributed by atoms with Gasteiger partial charge < -0.3 is 19.8 Å². The number of hydrogen-bond acceptors (Lipinski definition) is 3. The van der Waals surface area contributed by atoms with Crippen LogP contribution in [0.25, 0.3) is 0 Å². The number of carboxylic acid groups (broad SMARTS) is 1. The number of aliphatic carboxylic acids is 1. The second kappa shape index (κ2) is 6.43. The van der Waals surface area contributed by atoms with E-state index in [0.29, 0.717) is 6.54 Å². The van der Waals surface area contributed by atoms with Gasteiger partial charge in [0.05, 0.1) is 6.42 Å². The minimum atomic E-state index is -0.838. The zero-order chi connectivity index (χ0) is 14.7. The summed E-state index contributed by atoms with van der Waals surface area (Å²) in [6, 6.07) is 0.573. The first kappa shape index (κ1) is 15.1. The number of rotatable bonds is 6. The lowest BCUT2D eigenvalue weighted by Gasteiger charge is -2.33. The molecule has 1 atom stereocenters. The summed E-state index contributed by atoms with van der Waals surface area (Å²) in [4.78, 5) is 29.2. The second-order valence-corrected chi connectivity index (χ2v) is 6.10. The third-order valence-corrected chi connectivity index (χ3v) is 4.00. The van der Waals surface area contributed by atoms with Crippen molar-refractivity contribution < 1.29 is 14.7 Å². The molecule has 1 saturated heterocycles. The molecule has 0 aromatic rings. The molecule has 1 unspecified atom stereocenters. The lowest BCUT2D eigenvalue weighted by Crippen LogP contribution is -2.49. The van der Waals surface area contributed by atoms with E-state index in [-0.39, 0.29) is 24.5 Å². The summed E-state index contributed by atoms with van der Waals surface area (Å²) in [5.41, 5.74) is 0. The summed E-state index contributed by atoms with van der Waals surface area (Å²) < 4.78 is 0. The fourth-order valence-corrected chi connectivity index (χ4v) is 2.90. The summed E-state index contributed by atoms with van der Waals surface area (Å²) in [6.45, 7) is 2.01. The Labute approximate surface area is 120 Å². The second-order valence-electron chi connectivity index (χ2n) is 6.10. The highest BCUT2D eigenvalue weighted by Gasteiger charge is 2.38. The first-order chi connectivity index (χ1) is 9.49. The predicted molar refractivity (Wildman–Crippen MR) is 75.7 cm³/mol. The Morgan fingerprint density at radius 2 is 1.95 bits per heavy atom. The summed E-state index contributed by atoms with van der Waals surface area (Å²) in [5, 5.41) is 8.82.